The molecular weight excluding hydrogens is 336 g/mol. The lowest BCUT2D eigenvalue weighted by atomic mass is 10.1. The predicted octanol–water partition coefficient (Wildman–Crippen LogP) is 3.04. The van der Waals surface area contributed by atoms with E-state index in [-0.39, 0.29) is 29.3 Å². The summed E-state index contributed by atoms with van der Waals surface area (Å²) in [5, 5.41) is 2.86. The number of hydrogen-bond acceptors (Lipinski definition) is 3. The highest BCUT2D eigenvalue weighted by Gasteiger charge is 2.27. The topological polar surface area (TPSA) is 66.5 Å². The molecule has 0 radical (unpaired) electrons. The summed E-state index contributed by atoms with van der Waals surface area (Å²) in [5.41, 5.74) is 0.457. The lowest BCUT2D eigenvalue weighted by Gasteiger charge is -2.25. The minimum absolute atomic E-state index is 0.0375. The van der Waals surface area contributed by atoms with Crippen molar-refractivity contribution >= 4 is 21.6 Å². The lowest BCUT2D eigenvalue weighted by Crippen LogP contribution is -2.44. The zero-order valence-corrected chi connectivity index (χ0v) is 15.5. The molecule has 5 nitrogen and oxygen atoms in total. The van der Waals surface area contributed by atoms with Gasteiger partial charge in [-0.15, -0.1) is 0 Å². The van der Waals surface area contributed by atoms with E-state index in [4.69, 9.17) is 0 Å². The highest BCUT2D eigenvalue weighted by atomic mass is 32.2. The number of sulfonamides is 1. The van der Waals surface area contributed by atoms with Crippen LogP contribution >= 0.6 is 0 Å². The fraction of sp³-hybridized carbons (Fsp3) is 0.316. The van der Waals surface area contributed by atoms with Gasteiger partial charge >= 0.3 is 0 Å². The first-order valence-electron chi connectivity index (χ1n) is 8.24. The van der Waals surface area contributed by atoms with Crippen LogP contribution in [-0.4, -0.2) is 26.9 Å². The van der Waals surface area contributed by atoms with Crippen LogP contribution in [0.25, 0.3) is 0 Å². The van der Waals surface area contributed by atoms with Crippen molar-refractivity contribution < 1.29 is 13.2 Å². The molecule has 25 heavy (non-hydrogen) atoms. The summed E-state index contributed by atoms with van der Waals surface area (Å²) in [6.07, 6.45) is 0. The van der Waals surface area contributed by atoms with Crippen molar-refractivity contribution in [1.82, 2.24) is 5.32 Å². The summed E-state index contributed by atoms with van der Waals surface area (Å²) in [5.74, 6) is -0.0654. The van der Waals surface area contributed by atoms with Crippen LogP contribution in [0.1, 0.15) is 20.8 Å². The van der Waals surface area contributed by atoms with Gasteiger partial charge in [0.1, 0.15) is 6.54 Å². The number of nitrogens with one attached hydrogen (secondary N) is 1. The van der Waals surface area contributed by atoms with Crippen molar-refractivity contribution in [3.8, 4) is 0 Å². The lowest BCUT2D eigenvalue weighted by molar-refractivity contribution is -0.120. The number of amides is 1. The van der Waals surface area contributed by atoms with Crippen LogP contribution < -0.4 is 9.62 Å². The number of nitrogens with zero attached hydrogens (tertiary/aromatic N) is 1. The zero-order valence-electron chi connectivity index (χ0n) is 14.7. The van der Waals surface area contributed by atoms with E-state index in [9.17, 15) is 13.2 Å². The maximum Gasteiger partial charge on any atom is 0.264 e. The average molecular weight is 360 g/mol. The monoisotopic (exact) mass is 360 g/mol. The second-order valence-electron chi connectivity index (χ2n) is 6.26. The van der Waals surface area contributed by atoms with E-state index in [0.717, 1.165) is 4.31 Å². The molecule has 134 valence electrons. The first kappa shape index (κ1) is 19.0. The van der Waals surface area contributed by atoms with E-state index in [1.807, 2.05) is 20.8 Å². The Balaban J connectivity index is 2.34. The van der Waals surface area contributed by atoms with Crippen molar-refractivity contribution in [2.75, 3.05) is 10.8 Å². The summed E-state index contributed by atoms with van der Waals surface area (Å²) >= 11 is 0. The Kier molecular flexibility index (Phi) is 6.20. The molecule has 1 amide bonds. The summed E-state index contributed by atoms with van der Waals surface area (Å²) in [6.45, 7) is 5.64. The van der Waals surface area contributed by atoms with Crippen molar-refractivity contribution in [3.63, 3.8) is 0 Å². The first-order chi connectivity index (χ1) is 11.8. The smallest absolute Gasteiger partial charge is 0.264 e. The maximum atomic E-state index is 13.0. The largest absolute Gasteiger partial charge is 0.352 e. The van der Waals surface area contributed by atoms with E-state index in [0.29, 0.717) is 5.69 Å². The van der Waals surface area contributed by atoms with Crippen molar-refractivity contribution in [3.05, 3.63) is 60.7 Å². The number of hydrogen-bond donors (Lipinski definition) is 1. The van der Waals surface area contributed by atoms with E-state index in [1.165, 1.54) is 12.1 Å². The fourth-order valence-electron chi connectivity index (χ4n) is 2.23. The molecule has 0 bridgehead atoms. The summed E-state index contributed by atoms with van der Waals surface area (Å²) in [6, 6.07) is 16.8. The van der Waals surface area contributed by atoms with E-state index in [1.54, 1.807) is 48.5 Å². The molecule has 0 spiro atoms. The van der Waals surface area contributed by atoms with Gasteiger partial charge in [-0.3, -0.25) is 9.10 Å². The quantitative estimate of drug-likeness (QED) is 0.825. The Morgan fingerprint density at radius 3 is 2.00 bits per heavy atom. The molecule has 0 aliphatic heterocycles. The standard InChI is InChI=1S/C19H24N2O3S/c1-15(2)16(3)20-19(22)14-21(17-10-6-4-7-11-17)25(23,24)18-12-8-5-9-13-18/h4-13,15-16H,14H2,1-3H3,(H,20,22)/t16-/m1/s1. The molecular formula is C19H24N2O3S. The Morgan fingerprint density at radius 2 is 1.48 bits per heavy atom. The second-order valence-corrected chi connectivity index (χ2v) is 8.12. The van der Waals surface area contributed by atoms with Crippen LogP contribution in [0.5, 0.6) is 0 Å². The Morgan fingerprint density at radius 1 is 0.960 bits per heavy atom. The number of para-hydroxylation sites is 1. The highest BCUT2D eigenvalue weighted by Crippen LogP contribution is 2.23. The maximum absolute atomic E-state index is 13.0. The molecule has 0 heterocycles. The number of anilines is 1. The molecule has 0 saturated carbocycles. The molecule has 0 aliphatic rings. The first-order valence-corrected chi connectivity index (χ1v) is 9.68. The highest BCUT2D eigenvalue weighted by molar-refractivity contribution is 7.92. The van der Waals surface area contributed by atoms with Gasteiger partial charge in [0.25, 0.3) is 10.0 Å². The average Bonchev–Trinajstić information content (AvgIpc) is 2.61. The van der Waals surface area contributed by atoms with Crippen LogP contribution in [0.2, 0.25) is 0 Å². The molecule has 2 rings (SSSR count). The third-order valence-electron chi connectivity index (χ3n) is 4.05. The van der Waals surface area contributed by atoms with Gasteiger partial charge in [-0.25, -0.2) is 8.42 Å². The number of rotatable bonds is 7. The van der Waals surface area contributed by atoms with E-state index < -0.39 is 10.0 Å². The summed E-state index contributed by atoms with van der Waals surface area (Å²) < 4.78 is 27.2. The molecule has 0 saturated heterocycles. The van der Waals surface area contributed by atoms with Gasteiger partial charge < -0.3 is 5.32 Å². The van der Waals surface area contributed by atoms with Crippen molar-refractivity contribution in [2.45, 2.75) is 31.7 Å². The molecule has 0 aliphatic carbocycles. The normalized spacial score (nSPS) is 12.6. The molecule has 2 aromatic carbocycles. The summed E-state index contributed by atoms with van der Waals surface area (Å²) in [4.78, 5) is 12.6. The van der Waals surface area contributed by atoms with Gasteiger partial charge in [-0.1, -0.05) is 50.2 Å². The van der Waals surface area contributed by atoms with E-state index in [2.05, 4.69) is 5.32 Å². The van der Waals surface area contributed by atoms with Gasteiger partial charge in [0, 0.05) is 6.04 Å². The zero-order chi connectivity index (χ0) is 18.4. The Bertz CT molecular complexity index is 790. The third kappa shape index (κ3) is 4.82. The minimum Gasteiger partial charge on any atom is -0.352 e. The molecule has 0 aromatic heterocycles. The van der Waals surface area contributed by atoms with Gasteiger partial charge in [0.05, 0.1) is 10.6 Å². The predicted molar refractivity (Wildman–Crippen MR) is 99.9 cm³/mol. The number of benzene rings is 2. The van der Waals surface area contributed by atoms with Crippen LogP contribution in [0.4, 0.5) is 5.69 Å². The molecule has 6 heteroatoms. The van der Waals surface area contributed by atoms with Crippen LogP contribution in [0.3, 0.4) is 0 Å². The summed E-state index contributed by atoms with van der Waals surface area (Å²) in [7, 11) is -3.83. The second kappa shape index (κ2) is 8.16. The van der Waals surface area contributed by atoms with Gasteiger partial charge in [0.15, 0.2) is 0 Å². The molecule has 1 atom stereocenters. The van der Waals surface area contributed by atoms with Crippen molar-refractivity contribution in [2.24, 2.45) is 5.92 Å². The molecule has 0 unspecified atom stereocenters. The van der Waals surface area contributed by atoms with Gasteiger partial charge in [-0.2, -0.15) is 0 Å². The fourth-order valence-corrected chi connectivity index (χ4v) is 3.67. The molecule has 1 N–H and O–H groups in total. The Hall–Kier alpha value is -2.34. The van der Waals surface area contributed by atoms with E-state index >= 15 is 0 Å². The van der Waals surface area contributed by atoms with Crippen LogP contribution in [0.15, 0.2) is 65.6 Å². The van der Waals surface area contributed by atoms with Crippen LogP contribution in [-0.2, 0) is 14.8 Å². The Labute approximate surface area is 149 Å². The van der Waals surface area contributed by atoms with Gasteiger partial charge in [-0.05, 0) is 37.1 Å². The van der Waals surface area contributed by atoms with Gasteiger partial charge in [0.2, 0.25) is 5.91 Å². The molecule has 2 aromatic rings. The van der Waals surface area contributed by atoms with Crippen molar-refractivity contribution in [1.29, 1.82) is 0 Å². The SMILES string of the molecule is CC(C)[C@@H](C)NC(=O)CN(c1ccccc1)S(=O)(=O)c1ccccc1. The molecule has 0 fully saturated rings. The third-order valence-corrected chi connectivity index (χ3v) is 5.84. The number of carbonyl (C=O) groups excluding carboxylic acids is 1. The number of carbonyl (C=O) groups is 1. The van der Waals surface area contributed by atoms with Crippen LogP contribution in [0, 0.1) is 5.92 Å². The minimum atomic E-state index is -3.83.